The Morgan fingerprint density at radius 1 is 1.60 bits per heavy atom. The van der Waals surface area contributed by atoms with E-state index in [1.54, 1.807) is 4.88 Å². The van der Waals surface area contributed by atoms with Gasteiger partial charge in [-0.2, -0.15) is 0 Å². The third-order valence-corrected chi connectivity index (χ3v) is 4.25. The summed E-state index contributed by atoms with van der Waals surface area (Å²) < 4.78 is 5.83. The van der Waals surface area contributed by atoms with Crippen LogP contribution in [0.2, 0.25) is 0 Å². The van der Waals surface area contributed by atoms with Gasteiger partial charge in [0.1, 0.15) is 0 Å². The highest BCUT2D eigenvalue weighted by Gasteiger charge is 2.22. The summed E-state index contributed by atoms with van der Waals surface area (Å²) in [6.07, 6.45) is 3.67. The van der Waals surface area contributed by atoms with Crippen LogP contribution in [0.4, 0.5) is 0 Å². The monoisotopic (exact) mass is 225 g/mol. The minimum absolute atomic E-state index is 0.331. The number of ether oxygens (including phenoxy) is 1. The van der Waals surface area contributed by atoms with E-state index in [1.807, 2.05) is 18.4 Å². The van der Waals surface area contributed by atoms with E-state index in [9.17, 15) is 0 Å². The van der Waals surface area contributed by atoms with E-state index in [0.717, 1.165) is 32.4 Å². The first-order valence-corrected chi connectivity index (χ1v) is 6.54. The average Bonchev–Trinajstić information content (AvgIpc) is 2.69. The molecule has 1 aromatic heterocycles. The highest BCUT2D eigenvalue weighted by Crippen LogP contribution is 2.35. The lowest BCUT2D eigenvalue weighted by atomic mass is 10.0. The molecule has 2 rings (SSSR count). The maximum Gasteiger partial charge on any atom is 0.0848 e. The molecule has 0 aromatic carbocycles. The SMILES string of the molecule is CCc1cc2c(s1)CCOC2CCNC. The standard InChI is InChI=1S/C12H19NOS/c1-3-9-8-10-11(4-6-13-2)14-7-5-12(10)15-9/h8,11,13H,3-7H2,1-2H3. The Hall–Kier alpha value is -0.380. The molecular formula is C12H19NOS. The van der Waals surface area contributed by atoms with Crippen LogP contribution >= 0.6 is 11.3 Å². The Balaban J connectivity index is 2.14. The number of rotatable bonds is 4. The number of aryl methyl sites for hydroxylation is 1. The maximum atomic E-state index is 5.83. The summed E-state index contributed by atoms with van der Waals surface area (Å²) >= 11 is 1.97. The zero-order chi connectivity index (χ0) is 10.7. The second-order valence-electron chi connectivity index (χ2n) is 3.95. The molecular weight excluding hydrogens is 206 g/mol. The molecule has 1 N–H and O–H groups in total. The minimum Gasteiger partial charge on any atom is -0.373 e. The normalized spacial score (nSPS) is 20.3. The van der Waals surface area contributed by atoms with Gasteiger partial charge in [0.15, 0.2) is 0 Å². The van der Waals surface area contributed by atoms with Crippen molar-refractivity contribution in [2.75, 3.05) is 20.2 Å². The van der Waals surface area contributed by atoms with E-state index in [4.69, 9.17) is 4.74 Å². The molecule has 2 nitrogen and oxygen atoms in total. The second-order valence-corrected chi connectivity index (χ2v) is 5.17. The molecule has 0 bridgehead atoms. The molecule has 2 heterocycles. The summed E-state index contributed by atoms with van der Waals surface area (Å²) in [4.78, 5) is 3.05. The number of hydrogen-bond donors (Lipinski definition) is 1. The van der Waals surface area contributed by atoms with Gasteiger partial charge in [-0.1, -0.05) is 6.92 Å². The number of hydrogen-bond acceptors (Lipinski definition) is 3. The van der Waals surface area contributed by atoms with E-state index in [2.05, 4.69) is 18.3 Å². The Kier molecular flexibility index (Phi) is 3.78. The van der Waals surface area contributed by atoms with Gasteiger partial charge in [0.2, 0.25) is 0 Å². The van der Waals surface area contributed by atoms with E-state index in [0.29, 0.717) is 6.10 Å². The fourth-order valence-electron chi connectivity index (χ4n) is 2.04. The molecule has 0 saturated heterocycles. The van der Waals surface area contributed by atoms with Crippen molar-refractivity contribution in [3.8, 4) is 0 Å². The second kappa shape index (κ2) is 5.10. The largest absolute Gasteiger partial charge is 0.373 e. The topological polar surface area (TPSA) is 21.3 Å². The van der Waals surface area contributed by atoms with Crippen LogP contribution in [0.3, 0.4) is 0 Å². The van der Waals surface area contributed by atoms with E-state index in [-0.39, 0.29) is 0 Å². The fourth-order valence-corrected chi connectivity index (χ4v) is 3.18. The van der Waals surface area contributed by atoms with Crippen molar-refractivity contribution < 1.29 is 4.74 Å². The van der Waals surface area contributed by atoms with Crippen LogP contribution in [0.15, 0.2) is 6.07 Å². The molecule has 0 fully saturated rings. The van der Waals surface area contributed by atoms with Crippen molar-refractivity contribution in [3.05, 3.63) is 21.4 Å². The van der Waals surface area contributed by atoms with Crippen LogP contribution in [-0.2, 0) is 17.6 Å². The van der Waals surface area contributed by atoms with Gasteiger partial charge in [-0.25, -0.2) is 0 Å². The minimum atomic E-state index is 0.331. The summed E-state index contributed by atoms with van der Waals surface area (Å²) in [7, 11) is 1.99. The quantitative estimate of drug-likeness (QED) is 0.850. The Morgan fingerprint density at radius 2 is 2.47 bits per heavy atom. The third kappa shape index (κ3) is 2.41. The van der Waals surface area contributed by atoms with Gasteiger partial charge >= 0.3 is 0 Å². The Bertz CT molecular complexity index is 321. The molecule has 0 aliphatic carbocycles. The summed E-state index contributed by atoms with van der Waals surface area (Å²) in [6, 6.07) is 2.35. The molecule has 0 amide bonds. The van der Waals surface area contributed by atoms with Crippen LogP contribution in [0.1, 0.15) is 34.8 Å². The highest BCUT2D eigenvalue weighted by atomic mass is 32.1. The first kappa shape index (κ1) is 11.1. The van der Waals surface area contributed by atoms with Crippen molar-refractivity contribution in [2.24, 2.45) is 0 Å². The first-order chi connectivity index (χ1) is 7.35. The number of thiophene rings is 1. The van der Waals surface area contributed by atoms with Gasteiger partial charge in [-0.15, -0.1) is 11.3 Å². The molecule has 3 heteroatoms. The van der Waals surface area contributed by atoms with Crippen molar-refractivity contribution in [3.63, 3.8) is 0 Å². The molecule has 15 heavy (non-hydrogen) atoms. The number of nitrogens with one attached hydrogen (secondary N) is 1. The van der Waals surface area contributed by atoms with Crippen molar-refractivity contribution >= 4 is 11.3 Å². The zero-order valence-corrected chi connectivity index (χ0v) is 10.3. The van der Waals surface area contributed by atoms with E-state index in [1.165, 1.54) is 10.4 Å². The van der Waals surface area contributed by atoms with Gasteiger partial charge in [0.25, 0.3) is 0 Å². The van der Waals surface area contributed by atoms with Crippen molar-refractivity contribution in [2.45, 2.75) is 32.3 Å². The van der Waals surface area contributed by atoms with Gasteiger partial charge in [0.05, 0.1) is 12.7 Å². The van der Waals surface area contributed by atoms with Crippen LogP contribution in [0, 0.1) is 0 Å². The molecule has 0 spiro atoms. The lowest BCUT2D eigenvalue weighted by Gasteiger charge is -2.23. The van der Waals surface area contributed by atoms with Crippen molar-refractivity contribution in [1.29, 1.82) is 0 Å². The van der Waals surface area contributed by atoms with E-state index < -0.39 is 0 Å². The van der Waals surface area contributed by atoms with Crippen LogP contribution in [-0.4, -0.2) is 20.2 Å². The number of fused-ring (bicyclic) bond motifs is 1. The van der Waals surface area contributed by atoms with Gasteiger partial charge in [-0.05, 0) is 38.1 Å². The molecule has 1 aliphatic heterocycles. The molecule has 1 aromatic rings. The summed E-state index contributed by atoms with van der Waals surface area (Å²) in [5.41, 5.74) is 1.46. The van der Waals surface area contributed by atoms with Crippen LogP contribution in [0.5, 0.6) is 0 Å². The van der Waals surface area contributed by atoms with Gasteiger partial charge in [0, 0.05) is 16.2 Å². The highest BCUT2D eigenvalue weighted by molar-refractivity contribution is 7.12. The Labute approximate surface area is 95.6 Å². The molecule has 84 valence electrons. The molecule has 0 radical (unpaired) electrons. The molecule has 1 atom stereocenters. The Morgan fingerprint density at radius 3 is 3.20 bits per heavy atom. The summed E-state index contributed by atoms with van der Waals surface area (Å²) in [5.74, 6) is 0. The summed E-state index contributed by atoms with van der Waals surface area (Å²) in [5, 5.41) is 3.19. The zero-order valence-electron chi connectivity index (χ0n) is 9.51. The van der Waals surface area contributed by atoms with E-state index >= 15 is 0 Å². The third-order valence-electron chi connectivity index (χ3n) is 2.89. The smallest absolute Gasteiger partial charge is 0.0848 e. The van der Waals surface area contributed by atoms with Crippen LogP contribution in [0.25, 0.3) is 0 Å². The maximum absolute atomic E-state index is 5.83. The lowest BCUT2D eigenvalue weighted by Crippen LogP contribution is -2.19. The predicted octanol–water partition coefficient (Wildman–Crippen LogP) is 2.53. The van der Waals surface area contributed by atoms with Gasteiger partial charge < -0.3 is 10.1 Å². The molecule has 1 unspecified atom stereocenters. The predicted molar refractivity (Wildman–Crippen MR) is 64.6 cm³/mol. The average molecular weight is 225 g/mol. The molecule has 0 saturated carbocycles. The van der Waals surface area contributed by atoms with Crippen molar-refractivity contribution in [1.82, 2.24) is 5.32 Å². The first-order valence-electron chi connectivity index (χ1n) is 5.72. The fraction of sp³-hybridized carbons (Fsp3) is 0.667. The molecule has 1 aliphatic rings. The summed E-state index contributed by atoms with van der Waals surface area (Å²) in [6.45, 7) is 4.15. The van der Waals surface area contributed by atoms with Crippen LogP contribution < -0.4 is 5.32 Å². The lowest BCUT2D eigenvalue weighted by molar-refractivity contribution is 0.0383. The van der Waals surface area contributed by atoms with Gasteiger partial charge in [-0.3, -0.25) is 0 Å².